The number of amides is 2. The number of piperidine rings is 1. The largest absolute Gasteiger partial charge is 0.497 e. The molecule has 1 aromatic heterocycles. The van der Waals surface area contributed by atoms with Crippen LogP contribution in [0.2, 0.25) is 0 Å². The van der Waals surface area contributed by atoms with Crippen molar-refractivity contribution in [3.63, 3.8) is 0 Å². The standard InChI is InChI=1S/C32H40N4O3/c1-39-25-11-9-10-24(22-25)32(38)36-20-16-23(17-21-36)31(37)34-19-8-2-7-18-33-30-26-12-3-5-14-28(26)35-29-15-6-4-13-27(29)30/h3,5,9-12,14,22-23H,2,4,6-8,13,15-21H2,1H3,(H,33,35)(H,34,37). The maximum absolute atomic E-state index is 12.8. The Labute approximate surface area is 231 Å². The second kappa shape index (κ2) is 13.0. The molecule has 0 unspecified atom stereocenters. The zero-order chi connectivity index (χ0) is 27.0. The van der Waals surface area contributed by atoms with Crippen molar-refractivity contribution in [3.8, 4) is 5.75 Å². The fraction of sp³-hybridized carbons (Fsp3) is 0.469. The van der Waals surface area contributed by atoms with Crippen LogP contribution in [-0.2, 0) is 17.6 Å². The van der Waals surface area contributed by atoms with Gasteiger partial charge in [0.2, 0.25) is 5.91 Å². The number of pyridine rings is 1. The summed E-state index contributed by atoms with van der Waals surface area (Å²) in [5.41, 5.74) is 5.66. The third kappa shape index (κ3) is 6.52. The second-order valence-corrected chi connectivity index (χ2v) is 10.7. The van der Waals surface area contributed by atoms with E-state index in [1.165, 1.54) is 35.2 Å². The lowest BCUT2D eigenvalue weighted by Gasteiger charge is -2.31. The number of unbranched alkanes of at least 4 members (excludes halogenated alkanes) is 2. The lowest BCUT2D eigenvalue weighted by molar-refractivity contribution is -0.126. The minimum Gasteiger partial charge on any atom is -0.497 e. The van der Waals surface area contributed by atoms with Crippen LogP contribution in [0.3, 0.4) is 0 Å². The number of benzene rings is 2. The average molecular weight is 529 g/mol. The first-order valence-electron chi connectivity index (χ1n) is 14.5. The Balaban J connectivity index is 1.01. The lowest BCUT2D eigenvalue weighted by Crippen LogP contribution is -2.43. The average Bonchev–Trinajstić information content (AvgIpc) is 2.99. The Bertz CT molecular complexity index is 1300. The van der Waals surface area contributed by atoms with Crippen LogP contribution >= 0.6 is 0 Å². The minimum atomic E-state index is -0.0211. The van der Waals surface area contributed by atoms with Gasteiger partial charge in [0, 0.05) is 54.4 Å². The third-order valence-electron chi connectivity index (χ3n) is 8.09. The van der Waals surface area contributed by atoms with E-state index in [1.54, 1.807) is 13.2 Å². The van der Waals surface area contributed by atoms with Crippen molar-refractivity contribution in [2.75, 3.05) is 38.6 Å². The van der Waals surface area contributed by atoms with Crippen LogP contribution in [0.4, 0.5) is 5.69 Å². The van der Waals surface area contributed by atoms with Gasteiger partial charge in [-0.1, -0.05) is 24.3 Å². The Morgan fingerprint density at radius 1 is 0.974 bits per heavy atom. The van der Waals surface area contributed by atoms with E-state index in [1.807, 2.05) is 23.1 Å². The van der Waals surface area contributed by atoms with E-state index in [9.17, 15) is 9.59 Å². The fourth-order valence-corrected chi connectivity index (χ4v) is 5.85. The van der Waals surface area contributed by atoms with E-state index < -0.39 is 0 Å². The number of hydrogen-bond acceptors (Lipinski definition) is 5. The molecule has 1 aliphatic heterocycles. The predicted molar refractivity (Wildman–Crippen MR) is 155 cm³/mol. The van der Waals surface area contributed by atoms with Crippen molar-refractivity contribution < 1.29 is 14.3 Å². The summed E-state index contributed by atoms with van der Waals surface area (Å²) in [7, 11) is 1.60. The number of nitrogens with zero attached hydrogens (tertiary/aromatic N) is 2. The number of ether oxygens (including phenoxy) is 1. The van der Waals surface area contributed by atoms with Crippen molar-refractivity contribution in [3.05, 3.63) is 65.4 Å². The first kappa shape index (κ1) is 27.0. The summed E-state index contributed by atoms with van der Waals surface area (Å²) in [6, 6.07) is 15.7. The first-order valence-corrected chi connectivity index (χ1v) is 14.5. The molecule has 206 valence electrons. The number of para-hydroxylation sites is 1. The van der Waals surface area contributed by atoms with Crippen LogP contribution in [0.1, 0.15) is 66.6 Å². The second-order valence-electron chi connectivity index (χ2n) is 10.7. The molecule has 2 N–H and O–H groups in total. The smallest absolute Gasteiger partial charge is 0.253 e. The van der Waals surface area contributed by atoms with Crippen molar-refractivity contribution in [2.45, 2.75) is 57.8 Å². The van der Waals surface area contributed by atoms with Crippen LogP contribution < -0.4 is 15.4 Å². The summed E-state index contributed by atoms with van der Waals surface area (Å²) < 4.78 is 5.24. The fourth-order valence-electron chi connectivity index (χ4n) is 5.85. The van der Waals surface area contributed by atoms with Gasteiger partial charge in [-0.15, -0.1) is 0 Å². The maximum Gasteiger partial charge on any atom is 0.253 e. The molecule has 0 atom stereocenters. The molecule has 7 heteroatoms. The molecule has 0 spiro atoms. The molecule has 5 rings (SSSR count). The number of methoxy groups -OCH3 is 1. The van der Waals surface area contributed by atoms with E-state index in [-0.39, 0.29) is 17.7 Å². The molecule has 0 bridgehead atoms. The molecule has 2 aliphatic rings. The highest BCUT2D eigenvalue weighted by Crippen LogP contribution is 2.33. The van der Waals surface area contributed by atoms with Crippen molar-refractivity contribution in [2.24, 2.45) is 5.92 Å². The van der Waals surface area contributed by atoms with Gasteiger partial charge in [0.1, 0.15) is 5.75 Å². The molecule has 2 amide bonds. The molecule has 1 saturated heterocycles. The molecule has 2 aromatic carbocycles. The molecular formula is C32H40N4O3. The number of aromatic nitrogens is 1. The van der Waals surface area contributed by atoms with Crippen LogP contribution in [-0.4, -0.2) is 55.0 Å². The number of likely N-dealkylation sites (tertiary alicyclic amines) is 1. The van der Waals surface area contributed by atoms with Crippen molar-refractivity contribution in [1.29, 1.82) is 0 Å². The summed E-state index contributed by atoms with van der Waals surface area (Å²) in [5, 5.41) is 8.09. The van der Waals surface area contributed by atoms with Crippen LogP contribution in [0, 0.1) is 5.92 Å². The topological polar surface area (TPSA) is 83.6 Å². The van der Waals surface area contributed by atoms with Gasteiger partial charge in [0.15, 0.2) is 0 Å². The van der Waals surface area contributed by atoms with E-state index in [4.69, 9.17) is 9.72 Å². The molecule has 1 aliphatic carbocycles. The quantitative estimate of drug-likeness (QED) is 0.346. The predicted octanol–water partition coefficient (Wildman–Crippen LogP) is 5.37. The van der Waals surface area contributed by atoms with Gasteiger partial charge in [-0.05, 0) is 87.6 Å². The van der Waals surface area contributed by atoms with E-state index in [0.717, 1.165) is 44.2 Å². The highest BCUT2D eigenvalue weighted by Gasteiger charge is 2.27. The molecule has 7 nitrogen and oxygen atoms in total. The molecule has 0 saturated carbocycles. The van der Waals surface area contributed by atoms with Gasteiger partial charge in [-0.3, -0.25) is 14.6 Å². The molecule has 39 heavy (non-hydrogen) atoms. The Morgan fingerprint density at radius 3 is 2.62 bits per heavy atom. The van der Waals surface area contributed by atoms with Crippen molar-refractivity contribution >= 4 is 28.4 Å². The minimum absolute atomic E-state index is 0.00152. The number of anilines is 1. The van der Waals surface area contributed by atoms with Gasteiger partial charge in [0.25, 0.3) is 5.91 Å². The summed E-state index contributed by atoms with van der Waals surface area (Å²) in [6.45, 7) is 2.84. The number of carbonyl (C=O) groups is 2. The number of nitrogens with one attached hydrogen (secondary N) is 2. The number of aryl methyl sites for hydroxylation is 1. The number of hydrogen-bond donors (Lipinski definition) is 2. The third-order valence-corrected chi connectivity index (χ3v) is 8.09. The normalized spacial score (nSPS) is 15.6. The lowest BCUT2D eigenvalue weighted by atomic mass is 9.92. The number of rotatable bonds is 10. The zero-order valence-corrected chi connectivity index (χ0v) is 23.0. The summed E-state index contributed by atoms with van der Waals surface area (Å²) >= 11 is 0. The molecule has 3 aromatic rings. The molecular weight excluding hydrogens is 488 g/mol. The monoisotopic (exact) mass is 528 g/mol. The Morgan fingerprint density at radius 2 is 1.77 bits per heavy atom. The van der Waals surface area contributed by atoms with E-state index >= 15 is 0 Å². The molecule has 0 radical (unpaired) electrons. The highest BCUT2D eigenvalue weighted by atomic mass is 16.5. The van der Waals surface area contributed by atoms with Crippen LogP contribution in [0.25, 0.3) is 10.9 Å². The summed E-state index contributed by atoms with van der Waals surface area (Å²) in [4.78, 5) is 32.3. The van der Waals surface area contributed by atoms with Gasteiger partial charge in [0.05, 0.1) is 12.6 Å². The van der Waals surface area contributed by atoms with Crippen LogP contribution in [0.5, 0.6) is 5.75 Å². The van der Waals surface area contributed by atoms with Gasteiger partial charge >= 0.3 is 0 Å². The van der Waals surface area contributed by atoms with Gasteiger partial charge in [-0.25, -0.2) is 0 Å². The maximum atomic E-state index is 12.8. The Hall–Kier alpha value is -3.61. The SMILES string of the molecule is COc1cccc(C(=O)N2CCC(C(=O)NCCCCCNc3c4c(nc5ccccc35)CCCC4)CC2)c1. The zero-order valence-electron chi connectivity index (χ0n) is 23.0. The van der Waals surface area contributed by atoms with Crippen molar-refractivity contribution in [1.82, 2.24) is 15.2 Å². The molecule has 1 fully saturated rings. The van der Waals surface area contributed by atoms with Gasteiger partial charge < -0.3 is 20.3 Å². The van der Waals surface area contributed by atoms with E-state index in [2.05, 4.69) is 34.9 Å². The summed E-state index contributed by atoms with van der Waals surface area (Å²) in [5.74, 6) is 0.779. The number of fused-ring (bicyclic) bond motifs is 2. The van der Waals surface area contributed by atoms with Crippen LogP contribution in [0.15, 0.2) is 48.5 Å². The Kier molecular flexibility index (Phi) is 8.96. The number of carbonyl (C=O) groups excluding carboxylic acids is 2. The molecule has 2 heterocycles. The highest BCUT2D eigenvalue weighted by molar-refractivity contribution is 5.95. The first-order chi connectivity index (χ1) is 19.1. The van der Waals surface area contributed by atoms with Gasteiger partial charge in [-0.2, -0.15) is 0 Å². The summed E-state index contributed by atoms with van der Waals surface area (Å²) in [6.07, 6.45) is 9.14. The van der Waals surface area contributed by atoms with E-state index in [0.29, 0.717) is 43.8 Å².